The van der Waals surface area contributed by atoms with Gasteiger partial charge in [-0.1, -0.05) is 27.7 Å². The lowest BCUT2D eigenvalue weighted by Gasteiger charge is -2.25. The zero-order chi connectivity index (χ0) is 15.1. The molecule has 5 heteroatoms. The highest BCUT2D eigenvalue weighted by Crippen LogP contribution is 2.21. The summed E-state index contributed by atoms with van der Waals surface area (Å²) in [5, 5.41) is 11.9. The summed E-state index contributed by atoms with van der Waals surface area (Å²) >= 11 is 0. The Balaban J connectivity index is 3.10. The normalized spacial score (nSPS) is 10.7. The maximum Gasteiger partial charge on any atom is 0.135 e. The summed E-state index contributed by atoms with van der Waals surface area (Å²) in [6.45, 7) is 10.1. The first-order chi connectivity index (χ1) is 9.47. The van der Waals surface area contributed by atoms with Crippen molar-refractivity contribution in [2.45, 2.75) is 40.0 Å². The zero-order valence-electron chi connectivity index (χ0n) is 13.1. The summed E-state index contributed by atoms with van der Waals surface area (Å²) in [6, 6.07) is 4.16. The molecule has 0 saturated carbocycles. The number of nitrogens with zero attached hydrogens (tertiary/aromatic N) is 4. The van der Waals surface area contributed by atoms with Gasteiger partial charge in [0.15, 0.2) is 0 Å². The summed E-state index contributed by atoms with van der Waals surface area (Å²) in [5.41, 5.74) is 0. The number of nitrogens with one attached hydrogen (secondary N) is 1. The van der Waals surface area contributed by atoms with Crippen LogP contribution in [0, 0.1) is 17.2 Å². The van der Waals surface area contributed by atoms with Gasteiger partial charge in [0.25, 0.3) is 0 Å². The molecule has 5 nitrogen and oxygen atoms in total. The summed E-state index contributed by atoms with van der Waals surface area (Å²) in [4.78, 5) is 11.3. The number of hydrogen-bond donors (Lipinski definition) is 1. The number of hydrogen-bond acceptors (Lipinski definition) is 5. The molecule has 110 valence electrons. The van der Waals surface area contributed by atoms with Gasteiger partial charge in [0.1, 0.15) is 17.5 Å². The summed E-state index contributed by atoms with van der Waals surface area (Å²) in [6.07, 6.45) is 0.503. The predicted octanol–water partition coefficient (Wildman–Crippen LogP) is 3.02. The van der Waals surface area contributed by atoms with Gasteiger partial charge in [0.05, 0.1) is 12.5 Å². The Hall–Kier alpha value is -1.83. The molecule has 0 saturated heterocycles. The Kier molecular flexibility index (Phi) is 6.23. The molecule has 1 aromatic rings. The van der Waals surface area contributed by atoms with Gasteiger partial charge in [-0.3, -0.25) is 0 Å². The van der Waals surface area contributed by atoms with Gasteiger partial charge in [0, 0.05) is 32.1 Å². The summed E-state index contributed by atoms with van der Waals surface area (Å²) < 4.78 is 0. The molecule has 1 heterocycles. The van der Waals surface area contributed by atoms with Crippen LogP contribution in [0.5, 0.6) is 0 Å². The molecule has 1 aromatic heterocycles. The monoisotopic (exact) mass is 275 g/mol. The van der Waals surface area contributed by atoms with Crippen LogP contribution < -0.4 is 10.2 Å². The molecule has 0 fully saturated rings. The van der Waals surface area contributed by atoms with Crippen LogP contribution in [0.15, 0.2) is 6.07 Å². The molecule has 20 heavy (non-hydrogen) atoms. The molecule has 1 rings (SSSR count). The molecule has 0 aliphatic rings. The molecule has 0 radical (unpaired) electrons. The largest absolute Gasteiger partial charge is 0.373 e. The van der Waals surface area contributed by atoms with E-state index in [-0.39, 0.29) is 5.92 Å². The SMILES string of the molecule is CNc1cc(N(CCC#N)CC(C)C)nc(C(C)C)n1. The van der Waals surface area contributed by atoms with Crippen LogP contribution in [0.1, 0.15) is 45.9 Å². The van der Waals surface area contributed by atoms with E-state index in [4.69, 9.17) is 5.26 Å². The second-order valence-corrected chi connectivity index (χ2v) is 5.62. The van der Waals surface area contributed by atoms with Gasteiger partial charge in [0.2, 0.25) is 0 Å². The molecule has 0 aliphatic heterocycles. The van der Waals surface area contributed by atoms with Crippen molar-refractivity contribution >= 4 is 11.6 Å². The van der Waals surface area contributed by atoms with E-state index >= 15 is 0 Å². The number of rotatable bonds is 7. The molecule has 0 spiro atoms. The fourth-order valence-electron chi connectivity index (χ4n) is 1.93. The molecule has 0 aromatic carbocycles. The van der Waals surface area contributed by atoms with Crippen molar-refractivity contribution in [3.05, 3.63) is 11.9 Å². The first-order valence-corrected chi connectivity index (χ1v) is 7.16. The van der Waals surface area contributed by atoms with Gasteiger partial charge < -0.3 is 10.2 Å². The minimum Gasteiger partial charge on any atom is -0.373 e. The Labute approximate surface area is 122 Å². The fraction of sp³-hybridized carbons (Fsp3) is 0.667. The number of nitriles is 1. The zero-order valence-corrected chi connectivity index (χ0v) is 13.1. The highest BCUT2D eigenvalue weighted by Gasteiger charge is 2.14. The van der Waals surface area contributed by atoms with Crippen molar-refractivity contribution in [2.75, 3.05) is 30.4 Å². The van der Waals surface area contributed by atoms with Crippen molar-refractivity contribution in [3.63, 3.8) is 0 Å². The molecule has 0 aliphatic carbocycles. The number of aromatic nitrogens is 2. The third-order valence-corrected chi connectivity index (χ3v) is 2.91. The summed E-state index contributed by atoms with van der Waals surface area (Å²) in [5.74, 6) is 3.35. The van der Waals surface area contributed by atoms with Crippen molar-refractivity contribution in [3.8, 4) is 6.07 Å². The van der Waals surface area contributed by atoms with Gasteiger partial charge in [-0.2, -0.15) is 5.26 Å². The average Bonchev–Trinajstić information content (AvgIpc) is 2.42. The van der Waals surface area contributed by atoms with Crippen LogP contribution in [0.3, 0.4) is 0 Å². The van der Waals surface area contributed by atoms with Crippen LogP contribution in [0.2, 0.25) is 0 Å². The van der Waals surface area contributed by atoms with Crippen LogP contribution >= 0.6 is 0 Å². The van der Waals surface area contributed by atoms with Crippen molar-refractivity contribution in [1.29, 1.82) is 5.26 Å². The number of anilines is 2. The molecule has 0 amide bonds. The van der Waals surface area contributed by atoms with Crippen molar-refractivity contribution in [2.24, 2.45) is 5.92 Å². The average molecular weight is 275 g/mol. The van der Waals surface area contributed by atoms with Crippen LogP contribution in [-0.2, 0) is 0 Å². The first kappa shape index (κ1) is 16.2. The second kappa shape index (κ2) is 7.68. The van der Waals surface area contributed by atoms with Crippen LogP contribution in [-0.4, -0.2) is 30.1 Å². The molecule has 0 bridgehead atoms. The van der Waals surface area contributed by atoms with E-state index in [9.17, 15) is 0 Å². The van der Waals surface area contributed by atoms with Crippen molar-refractivity contribution in [1.82, 2.24) is 9.97 Å². The van der Waals surface area contributed by atoms with Gasteiger partial charge in [-0.05, 0) is 5.92 Å². The van der Waals surface area contributed by atoms with E-state index in [2.05, 4.69) is 53.9 Å². The molecule has 0 atom stereocenters. The van der Waals surface area contributed by atoms with E-state index in [1.807, 2.05) is 13.1 Å². The molecular formula is C15H25N5. The lowest BCUT2D eigenvalue weighted by molar-refractivity contribution is 0.605. The highest BCUT2D eigenvalue weighted by atomic mass is 15.2. The van der Waals surface area contributed by atoms with E-state index in [0.717, 1.165) is 24.0 Å². The van der Waals surface area contributed by atoms with Crippen molar-refractivity contribution < 1.29 is 0 Å². The quantitative estimate of drug-likeness (QED) is 0.828. The standard InChI is InChI=1S/C15H25N5/c1-11(2)10-20(8-6-7-16)14-9-13(17-5)18-15(19-14)12(3)4/h9,11-12H,6,8,10H2,1-5H3,(H,17,18,19). The third kappa shape index (κ3) is 4.69. The van der Waals surface area contributed by atoms with Crippen LogP contribution in [0.25, 0.3) is 0 Å². The maximum absolute atomic E-state index is 8.82. The second-order valence-electron chi connectivity index (χ2n) is 5.62. The lowest BCUT2D eigenvalue weighted by Crippen LogP contribution is -2.30. The van der Waals surface area contributed by atoms with Gasteiger partial charge >= 0.3 is 0 Å². The Morgan fingerprint density at radius 3 is 2.50 bits per heavy atom. The van der Waals surface area contributed by atoms with E-state index < -0.39 is 0 Å². The van der Waals surface area contributed by atoms with E-state index in [1.165, 1.54) is 0 Å². The van der Waals surface area contributed by atoms with E-state index in [0.29, 0.717) is 18.9 Å². The molecular weight excluding hydrogens is 250 g/mol. The highest BCUT2D eigenvalue weighted by molar-refractivity contribution is 5.49. The first-order valence-electron chi connectivity index (χ1n) is 7.16. The Morgan fingerprint density at radius 2 is 2.00 bits per heavy atom. The van der Waals surface area contributed by atoms with Gasteiger partial charge in [-0.25, -0.2) is 9.97 Å². The topological polar surface area (TPSA) is 64.8 Å². The van der Waals surface area contributed by atoms with Crippen LogP contribution in [0.4, 0.5) is 11.6 Å². The van der Waals surface area contributed by atoms with Gasteiger partial charge in [-0.15, -0.1) is 0 Å². The fourth-order valence-corrected chi connectivity index (χ4v) is 1.93. The lowest BCUT2D eigenvalue weighted by atomic mass is 10.2. The predicted molar refractivity (Wildman–Crippen MR) is 82.9 cm³/mol. The summed E-state index contributed by atoms with van der Waals surface area (Å²) in [7, 11) is 1.86. The smallest absolute Gasteiger partial charge is 0.135 e. The molecule has 1 N–H and O–H groups in total. The van der Waals surface area contributed by atoms with E-state index in [1.54, 1.807) is 0 Å². The maximum atomic E-state index is 8.82. The minimum absolute atomic E-state index is 0.277. The Bertz CT molecular complexity index is 462. The Morgan fingerprint density at radius 1 is 1.30 bits per heavy atom. The third-order valence-electron chi connectivity index (χ3n) is 2.91. The molecule has 0 unspecified atom stereocenters. The minimum atomic E-state index is 0.277.